The molecule has 0 radical (unpaired) electrons. The maximum Gasteiger partial charge on any atom is 0.252 e. The number of aromatic nitrogens is 2. The highest BCUT2D eigenvalue weighted by atomic mass is 32.2. The number of hydrogen-bond acceptors (Lipinski definition) is 4. The average Bonchev–Trinajstić information content (AvgIpc) is 2.82. The van der Waals surface area contributed by atoms with E-state index in [1.54, 1.807) is 36.7 Å². The van der Waals surface area contributed by atoms with E-state index in [0.717, 1.165) is 16.3 Å². The quantitative estimate of drug-likeness (QED) is 0.857. The molecule has 0 bridgehead atoms. The van der Waals surface area contributed by atoms with Crippen molar-refractivity contribution in [3.63, 3.8) is 0 Å². The Morgan fingerprint density at radius 2 is 2.00 bits per heavy atom. The largest absolute Gasteiger partial charge is 0.313 e. The van der Waals surface area contributed by atoms with Crippen molar-refractivity contribution in [2.75, 3.05) is 17.3 Å². The predicted octanol–water partition coefficient (Wildman–Crippen LogP) is 2.19. The van der Waals surface area contributed by atoms with Gasteiger partial charge in [-0.05, 0) is 26.0 Å². The second-order valence-corrected chi connectivity index (χ2v) is 7.18. The van der Waals surface area contributed by atoms with E-state index < -0.39 is 4.75 Å². The summed E-state index contributed by atoms with van der Waals surface area (Å²) < 4.78 is 0.369. The minimum atomic E-state index is -1.22. The molecule has 1 atom stereocenters. The summed E-state index contributed by atoms with van der Waals surface area (Å²) in [6, 6.07) is 9.35. The van der Waals surface area contributed by atoms with E-state index in [4.69, 9.17) is 0 Å². The van der Waals surface area contributed by atoms with Crippen LogP contribution in [0.3, 0.4) is 0 Å². The van der Waals surface area contributed by atoms with Crippen molar-refractivity contribution in [3.05, 3.63) is 36.0 Å². The van der Waals surface area contributed by atoms with Gasteiger partial charge in [0, 0.05) is 25.1 Å². The van der Waals surface area contributed by atoms with E-state index in [0.29, 0.717) is 5.82 Å². The number of anilines is 2. The third-order valence-electron chi connectivity index (χ3n) is 3.93. The number of carbonyl (C=O) groups excluding carboxylic acids is 2. The smallest absolute Gasteiger partial charge is 0.252 e. The van der Waals surface area contributed by atoms with Gasteiger partial charge in [0.2, 0.25) is 0 Å². The Balaban J connectivity index is 1.93. The molecule has 0 spiro atoms. The number of aryl methyl sites for hydroxylation is 2. The summed E-state index contributed by atoms with van der Waals surface area (Å²) in [7, 11) is 3.45. The molecule has 2 aromatic rings. The highest BCUT2D eigenvalue weighted by Crippen LogP contribution is 2.45. The zero-order valence-electron chi connectivity index (χ0n) is 13.5. The van der Waals surface area contributed by atoms with E-state index in [1.807, 2.05) is 31.2 Å². The number of benzene rings is 1. The number of rotatable bonds is 2. The van der Waals surface area contributed by atoms with Crippen LogP contribution in [-0.2, 0) is 16.6 Å². The number of fused-ring (bicyclic) bond motifs is 1. The van der Waals surface area contributed by atoms with E-state index >= 15 is 0 Å². The van der Waals surface area contributed by atoms with Crippen LogP contribution in [0.1, 0.15) is 12.6 Å². The number of amides is 2. The van der Waals surface area contributed by atoms with Gasteiger partial charge in [-0.25, -0.2) is 0 Å². The molecular formula is C16H18N4O2S. The third-order valence-corrected chi connectivity index (χ3v) is 5.26. The first kappa shape index (κ1) is 15.6. The van der Waals surface area contributed by atoms with Gasteiger partial charge >= 0.3 is 0 Å². The van der Waals surface area contributed by atoms with Gasteiger partial charge in [-0.3, -0.25) is 14.3 Å². The highest BCUT2D eigenvalue weighted by Gasteiger charge is 2.48. The Kier molecular flexibility index (Phi) is 3.68. The average molecular weight is 330 g/mol. The normalized spacial score (nSPS) is 20.3. The highest BCUT2D eigenvalue weighted by molar-refractivity contribution is 8.02. The zero-order chi connectivity index (χ0) is 16.8. The maximum absolute atomic E-state index is 12.8. The van der Waals surface area contributed by atoms with Crippen molar-refractivity contribution < 1.29 is 9.59 Å². The summed E-state index contributed by atoms with van der Waals surface area (Å²) in [4.78, 5) is 28.0. The molecule has 6 nitrogen and oxygen atoms in total. The van der Waals surface area contributed by atoms with Crippen LogP contribution in [0.2, 0.25) is 0 Å². The van der Waals surface area contributed by atoms with Gasteiger partial charge in [0.05, 0.1) is 11.4 Å². The fourth-order valence-electron chi connectivity index (χ4n) is 2.62. The topological polar surface area (TPSA) is 67.2 Å². The van der Waals surface area contributed by atoms with Crippen molar-refractivity contribution in [1.29, 1.82) is 0 Å². The van der Waals surface area contributed by atoms with Crippen LogP contribution >= 0.6 is 11.8 Å². The molecule has 120 valence electrons. The molecule has 1 aromatic heterocycles. The van der Waals surface area contributed by atoms with E-state index in [-0.39, 0.29) is 11.8 Å². The second kappa shape index (κ2) is 5.42. The van der Waals surface area contributed by atoms with Crippen LogP contribution in [0, 0.1) is 6.92 Å². The Morgan fingerprint density at radius 1 is 1.30 bits per heavy atom. The molecule has 0 unspecified atom stereocenters. The fourth-order valence-corrected chi connectivity index (χ4v) is 3.88. The van der Waals surface area contributed by atoms with E-state index in [9.17, 15) is 9.59 Å². The molecule has 1 aliphatic rings. The number of hydrogen-bond donors (Lipinski definition) is 1. The monoisotopic (exact) mass is 330 g/mol. The molecule has 0 fully saturated rings. The standard InChI is InChI=1S/C16H18N4O2S/c1-10-9-13(20(4)18-10)17-14(21)16(2)15(22)19(3)11-7-5-6-8-12(11)23-16/h5-9H,1-4H3,(H,17,21)/t16-/m1/s1. The van der Waals surface area contributed by atoms with Crippen molar-refractivity contribution in [1.82, 2.24) is 9.78 Å². The number of para-hydroxylation sites is 1. The minimum absolute atomic E-state index is 0.238. The molecule has 7 heteroatoms. The first-order valence-electron chi connectivity index (χ1n) is 7.21. The molecular weight excluding hydrogens is 312 g/mol. The lowest BCUT2D eigenvalue weighted by atomic mass is 10.1. The molecule has 3 rings (SSSR count). The summed E-state index contributed by atoms with van der Waals surface area (Å²) in [6.07, 6.45) is 0. The Labute approximate surface area is 138 Å². The molecule has 2 amide bonds. The van der Waals surface area contributed by atoms with Crippen molar-refractivity contribution in [2.45, 2.75) is 23.5 Å². The zero-order valence-corrected chi connectivity index (χ0v) is 14.3. The van der Waals surface area contributed by atoms with Crippen LogP contribution in [0.4, 0.5) is 11.5 Å². The molecule has 1 N–H and O–H groups in total. The lowest BCUT2D eigenvalue weighted by molar-refractivity contribution is -0.128. The van der Waals surface area contributed by atoms with Crippen LogP contribution in [0.5, 0.6) is 0 Å². The summed E-state index contributed by atoms with van der Waals surface area (Å²) in [6.45, 7) is 3.51. The number of nitrogens with one attached hydrogen (secondary N) is 1. The van der Waals surface area contributed by atoms with Crippen LogP contribution in [0.15, 0.2) is 35.2 Å². The number of thioether (sulfide) groups is 1. The molecule has 1 aromatic carbocycles. The van der Waals surface area contributed by atoms with E-state index in [1.165, 1.54) is 11.8 Å². The molecule has 23 heavy (non-hydrogen) atoms. The molecule has 0 saturated heterocycles. The first-order chi connectivity index (χ1) is 10.8. The molecule has 2 heterocycles. The number of nitrogens with zero attached hydrogens (tertiary/aromatic N) is 3. The third kappa shape index (κ3) is 2.50. The van der Waals surface area contributed by atoms with Crippen LogP contribution in [-0.4, -0.2) is 33.4 Å². The summed E-state index contributed by atoms with van der Waals surface area (Å²) in [5, 5.41) is 7.02. The Morgan fingerprint density at radius 3 is 2.65 bits per heavy atom. The number of carbonyl (C=O) groups is 2. The van der Waals surface area contributed by atoms with Gasteiger partial charge < -0.3 is 10.2 Å². The minimum Gasteiger partial charge on any atom is -0.313 e. The van der Waals surface area contributed by atoms with Gasteiger partial charge in [0.1, 0.15) is 5.82 Å². The van der Waals surface area contributed by atoms with Crippen LogP contribution in [0.25, 0.3) is 0 Å². The predicted molar refractivity (Wildman–Crippen MR) is 90.7 cm³/mol. The van der Waals surface area contributed by atoms with Gasteiger partial charge in [-0.2, -0.15) is 5.10 Å². The molecule has 1 aliphatic heterocycles. The van der Waals surface area contributed by atoms with Crippen molar-refractivity contribution in [2.24, 2.45) is 7.05 Å². The summed E-state index contributed by atoms with van der Waals surface area (Å²) in [5.74, 6) is -0.0157. The lowest BCUT2D eigenvalue weighted by Crippen LogP contribution is -2.53. The fraction of sp³-hybridized carbons (Fsp3) is 0.312. The lowest BCUT2D eigenvalue weighted by Gasteiger charge is -2.36. The Hall–Kier alpha value is -2.28. The van der Waals surface area contributed by atoms with Gasteiger partial charge in [-0.1, -0.05) is 23.9 Å². The van der Waals surface area contributed by atoms with Crippen molar-refractivity contribution >= 4 is 35.1 Å². The molecule has 0 aliphatic carbocycles. The first-order valence-corrected chi connectivity index (χ1v) is 8.03. The van der Waals surface area contributed by atoms with Gasteiger partial charge in [0.15, 0.2) is 4.75 Å². The van der Waals surface area contributed by atoms with Crippen molar-refractivity contribution in [3.8, 4) is 0 Å². The second-order valence-electron chi connectivity index (χ2n) is 5.72. The maximum atomic E-state index is 12.8. The Bertz CT molecular complexity index is 801. The van der Waals surface area contributed by atoms with Gasteiger partial charge in [0.25, 0.3) is 11.8 Å². The van der Waals surface area contributed by atoms with Crippen LogP contribution < -0.4 is 10.2 Å². The van der Waals surface area contributed by atoms with E-state index in [2.05, 4.69) is 10.4 Å². The van der Waals surface area contributed by atoms with Gasteiger partial charge in [-0.15, -0.1) is 0 Å². The SMILES string of the molecule is Cc1cc(NC(=O)[C@@]2(C)Sc3ccccc3N(C)C2=O)n(C)n1. The molecule has 0 saturated carbocycles. The summed E-state index contributed by atoms with van der Waals surface area (Å²) >= 11 is 1.28. The summed E-state index contributed by atoms with van der Waals surface area (Å²) in [5.41, 5.74) is 1.63.